The number of halogens is 1. The number of hydrazine groups is 1. The van der Waals surface area contributed by atoms with E-state index in [4.69, 9.17) is 0 Å². The number of hydrogen-bond acceptors (Lipinski definition) is 5. The van der Waals surface area contributed by atoms with Crippen molar-refractivity contribution in [3.05, 3.63) is 87.7 Å². The van der Waals surface area contributed by atoms with Gasteiger partial charge in [0.15, 0.2) is 0 Å². The van der Waals surface area contributed by atoms with Gasteiger partial charge in [0.25, 0.3) is 23.4 Å². The topological polar surface area (TPSA) is 101 Å². The van der Waals surface area contributed by atoms with Crippen LogP contribution in [0, 0.1) is 27.8 Å². The van der Waals surface area contributed by atoms with Crippen LogP contribution < -0.4 is 0 Å². The Balaban J connectivity index is 1.75. The Morgan fingerprint density at radius 2 is 1.71 bits per heavy atom. The highest BCUT2D eigenvalue weighted by atomic mass is 19.1. The molecule has 1 heterocycles. The molecule has 8 nitrogen and oxygen atoms in total. The van der Waals surface area contributed by atoms with E-state index in [9.17, 15) is 28.9 Å². The van der Waals surface area contributed by atoms with Crippen LogP contribution >= 0.6 is 0 Å². The first-order valence-corrected chi connectivity index (χ1v) is 9.71. The highest BCUT2D eigenvalue weighted by molar-refractivity contribution is 6.08. The molecule has 0 bridgehead atoms. The molecule has 3 amide bonds. The van der Waals surface area contributed by atoms with Crippen molar-refractivity contribution < 1.29 is 23.7 Å². The maximum Gasteiger partial charge on any atom is 0.273 e. The summed E-state index contributed by atoms with van der Waals surface area (Å²) in [5, 5.41) is 12.8. The van der Waals surface area contributed by atoms with E-state index in [1.165, 1.54) is 36.4 Å². The van der Waals surface area contributed by atoms with Crippen LogP contribution in [-0.4, -0.2) is 32.7 Å². The molecule has 1 aliphatic heterocycles. The lowest BCUT2D eigenvalue weighted by atomic mass is 9.85. The van der Waals surface area contributed by atoms with Crippen LogP contribution in [0.2, 0.25) is 0 Å². The summed E-state index contributed by atoms with van der Waals surface area (Å²) in [6.07, 6.45) is 4.40. The molecule has 1 aliphatic carbocycles. The fourth-order valence-corrected chi connectivity index (χ4v) is 3.94. The molecule has 0 saturated carbocycles. The van der Waals surface area contributed by atoms with Crippen molar-refractivity contribution in [1.82, 2.24) is 10.0 Å². The van der Waals surface area contributed by atoms with Crippen molar-refractivity contribution >= 4 is 23.4 Å². The largest absolute Gasteiger partial charge is 0.273 e. The van der Waals surface area contributed by atoms with Crippen LogP contribution in [-0.2, 0) is 16.1 Å². The molecule has 2 atom stereocenters. The Morgan fingerprint density at radius 3 is 2.32 bits per heavy atom. The number of fused-ring (bicyclic) bond motifs is 1. The number of hydrogen-bond donors (Lipinski definition) is 0. The van der Waals surface area contributed by atoms with Gasteiger partial charge in [-0.15, -0.1) is 0 Å². The molecule has 0 radical (unpaired) electrons. The molecule has 2 aromatic carbocycles. The number of carbonyl (C=O) groups excluding carboxylic acids is 3. The van der Waals surface area contributed by atoms with E-state index in [1.807, 2.05) is 12.2 Å². The maximum atomic E-state index is 14.3. The van der Waals surface area contributed by atoms with Crippen molar-refractivity contribution in [2.24, 2.45) is 11.8 Å². The van der Waals surface area contributed by atoms with Gasteiger partial charge in [0.2, 0.25) is 0 Å². The van der Waals surface area contributed by atoms with Crippen molar-refractivity contribution in [2.45, 2.75) is 19.4 Å². The Hall–Kier alpha value is -3.88. The molecule has 0 N–H and O–H groups in total. The Labute approximate surface area is 176 Å². The first-order valence-electron chi connectivity index (χ1n) is 9.71. The summed E-state index contributed by atoms with van der Waals surface area (Å²) in [6, 6.07) is 10.7. The van der Waals surface area contributed by atoms with Crippen LogP contribution in [0.5, 0.6) is 0 Å². The quantitative estimate of drug-likeness (QED) is 0.318. The number of rotatable bonds is 5. The lowest BCUT2D eigenvalue weighted by Crippen LogP contribution is -2.50. The lowest BCUT2D eigenvalue weighted by Gasteiger charge is -2.30. The third-order valence-corrected chi connectivity index (χ3v) is 5.54. The van der Waals surface area contributed by atoms with Crippen molar-refractivity contribution in [3.63, 3.8) is 0 Å². The summed E-state index contributed by atoms with van der Waals surface area (Å²) in [5.41, 5.74) is -0.289. The van der Waals surface area contributed by atoms with E-state index < -0.39 is 40.3 Å². The number of nitrogens with zero attached hydrogens (tertiary/aromatic N) is 3. The van der Waals surface area contributed by atoms with Gasteiger partial charge in [-0.25, -0.2) is 9.40 Å². The zero-order valence-corrected chi connectivity index (χ0v) is 16.3. The summed E-state index contributed by atoms with van der Waals surface area (Å²) < 4.78 is 14.3. The third kappa shape index (κ3) is 3.70. The molecule has 1 saturated heterocycles. The van der Waals surface area contributed by atoms with Gasteiger partial charge in [-0.3, -0.25) is 24.5 Å². The first kappa shape index (κ1) is 20.4. The first-order chi connectivity index (χ1) is 14.9. The van der Waals surface area contributed by atoms with Crippen LogP contribution in [0.1, 0.15) is 28.8 Å². The molecular weight excluding hydrogens is 405 g/mol. The average molecular weight is 423 g/mol. The maximum absolute atomic E-state index is 14.3. The molecule has 0 unspecified atom stereocenters. The summed E-state index contributed by atoms with van der Waals surface area (Å²) in [7, 11) is 0. The van der Waals surface area contributed by atoms with Crippen LogP contribution in [0.15, 0.2) is 60.7 Å². The average Bonchev–Trinajstić information content (AvgIpc) is 3.03. The Kier molecular flexibility index (Phi) is 5.33. The molecule has 9 heteroatoms. The molecular formula is C22H18FN3O5. The van der Waals surface area contributed by atoms with Crippen molar-refractivity contribution in [3.8, 4) is 0 Å². The molecule has 1 fully saturated rings. The molecule has 4 rings (SSSR count). The number of allylic oxidation sites excluding steroid dienone is 2. The number of non-ortho nitro benzene ring substituents is 1. The van der Waals surface area contributed by atoms with Gasteiger partial charge in [-0.05, 0) is 25.0 Å². The summed E-state index contributed by atoms with van der Waals surface area (Å²) in [5.74, 6) is -3.64. The zero-order valence-electron chi connectivity index (χ0n) is 16.3. The minimum Gasteiger partial charge on any atom is -0.272 e. The zero-order chi connectivity index (χ0) is 22.1. The number of amides is 3. The van der Waals surface area contributed by atoms with Crippen molar-refractivity contribution in [2.75, 3.05) is 0 Å². The fraction of sp³-hybridized carbons (Fsp3) is 0.227. The van der Waals surface area contributed by atoms with Crippen LogP contribution in [0.3, 0.4) is 0 Å². The van der Waals surface area contributed by atoms with Gasteiger partial charge in [-0.2, -0.15) is 5.01 Å². The van der Waals surface area contributed by atoms with Crippen molar-refractivity contribution in [1.29, 1.82) is 0 Å². The smallest absolute Gasteiger partial charge is 0.272 e. The van der Waals surface area contributed by atoms with Gasteiger partial charge in [-0.1, -0.05) is 36.4 Å². The Morgan fingerprint density at radius 1 is 1.06 bits per heavy atom. The summed E-state index contributed by atoms with van der Waals surface area (Å²) in [6.45, 7) is -0.376. The number of nitro groups is 1. The summed E-state index contributed by atoms with van der Waals surface area (Å²) >= 11 is 0. The second kappa shape index (κ2) is 8.10. The van der Waals surface area contributed by atoms with Crippen LogP contribution in [0.25, 0.3) is 0 Å². The Bertz CT molecular complexity index is 1090. The number of benzene rings is 2. The van der Waals surface area contributed by atoms with Crippen LogP contribution in [0.4, 0.5) is 10.1 Å². The van der Waals surface area contributed by atoms with E-state index in [0.717, 1.165) is 16.1 Å². The number of imide groups is 1. The highest BCUT2D eigenvalue weighted by Gasteiger charge is 2.51. The van der Waals surface area contributed by atoms with Gasteiger partial charge in [0.1, 0.15) is 5.82 Å². The molecule has 0 aromatic heterocycles. The lowest BCUT2D eigenvalue weighted by molar-refractivity contribution is -0.384. The van der Waals surface area contributed by atoms with E-state index in [1.54, 1.807) is 6.07 Å². The highest BCUT2D eigenvalue weighted by Crippen LogP contribution is 2.36. The standard InChI is InChI=1S/C22H18FN3O5/c23-19-11-4-1-6-15(19)13-24(20(27)14-7-5-8-16(12-14)26(30)31)25-21(28)17-9-2-3-10-18(17)22(25)29/h1-8,11-12,17-18H,9-10,13H2/t17-,18-/m0/s1. The van der Waals surface area contributed by atoms with Gasteiger partial charge in [0.05, 0.1) is 23.3 Å². The number of carbonyl (C=O) groups is 3. The van der Waals surface area contributed by atoms with E-state index in [-0.39, 0.29) is 23.4 Å². The molecule has 158 valence electrons. The van der Waals surface area contributed by atoms with Gasteiger partial charge >= 0.3 is 0 Å². The fourth-order valence-electron chi connectivity index (χ4n) is 3.94. The molecule has 2 aliphatic rings. The number of nitro benzene ring substituents is 1. The third-order valence-electron chi connectivity index (χ3n) is 5.54. The molecule has 2 aromatic rings. The minimum absolute atomic E-state index is 0.0841. The van der Waals surface area contributed by atoms with E-state index >= 15 is 0 Å². The second-order valence-corrected chi connectivity index (χ2v) is 7.41. The summed E-state index contributed by atoms with van der Waals surface area (Å²) in [4.78, 5) is 49.9. The predicted octanol–water partition coefficient (Wildman–Crippen LogP) is 3.24. The molecule has 0 spiro atoms. The molecule has 31 heavy (non-hydrogen) atoms. The van der Waals surface area contributed by atoms with Gasteiger partial charge in [0, 0.05) is 23.3 Å². The monoisotopic (exact) mass is 423 g/mol. The minimum atomic E-state index is -0.805. The van der Waals surface area contributed by atoms with E-state index in [0.29, 0.717) is 12.8 Å². The SMILES string of the molecule is O=C(c1cccc([N+](=O)[O-])c1)N(Cc1ccccc1F)N1C(=O)[C@H]2CC=CC[C@@H]2C1=O. The second-order valence-electron chi connectivity index (χ2n) is 7.41. The normalized spacial score (nSPS) is 20.0. The van der Waals surface area contributed by atoms with E-state index in [2.05, 4.69) is 0 Å². The van der Waals surface area contributed by atoms with Gasteiger partial charge < -0.3 is 0 Å². The predicted molar refractivity (Wildman–Crippen MR) is 107 cm³/mol.